The van der Waals surface area contributed by atoms with Crippen molar-refractivity contribution in [2.24, 2.45) is 0 Å². The van der Waals surface area contributed by atoms with E-state index in [1.807, 2.05) is 24.3 Å². The Morgan fingerprint density at radius 2 is 1.73 bits per heavy atom. The number of fused-ring (bicyclic) bond motifs is 1. The third-order valence-electron chi connectivity index (χ3n) is 4.28. The van der Waals surface area contributed by atoms with Crippen molar-refractivity contribution in [3.8, 4) is 6.07 Å². The molecule has 0 unspecified atom stereocenters. The number of aromatic nitrogens is 1. The van der Waals surface area contributed by atoms with Crippen molar-refractivity contribution < 1.29 is 8.78 Å². The highest BCUT2D eigenvalue weighted by Crippen LogP contribution is 2.34. The Kier molecular flexibility index (Phi) is 6.07. The van der Waals surface area contributed by atoms with E-state index in [4.69, 9.17) is 0 Å². The number of nitriles is 1. The lowest BCUT2D eigenvalue weighted by molar-refractivity contribution is 0.617. The predicted molar refractivity (Wildman–Crippen MR) is 120 cm³/mol. The molecule has 4 aromatic rings. The third-order valence-corrected chi connectivity index (χ3v) is 6.38. The molecule has 3 aromatic carbocycles. The van der Waals surface area contributed by atoms with Gasteiger partial charge in [-0.25, -0.2) is 13.8 Å². The summed E-state index contributed by atoms with van der Waals surface area (Å²) in [5.41, 5.74) is 2.33. The second-order valence-corrected chi connectivity index (χ2v) is 8.33. The lowest BCUT2D eigenvalue weighted by Crippen LogP contribution is -2.01. The molecule has 0 aliphatic carbocycles. The van der Waals surface area contributed by atoms with Crippen LogP contribution in [0.15, 0.2) is 77.8 Å². The van der Waals surface area contributed by atoms with Crippen LogP contribution in [0.5, 0.6) is 0 Å². The molecule has 3 nitrogen and oxygen atoms in total. The molecule has 7 heteroatoms. The van der Waals surface area contributed by atoms with Crippen LogP contribution in [0.1, 0.15) is 10.6 Å². The first kappa shape index (κ1) is 20.1. The molecule has 0 saturated carbocycles. The number of anilines is 1. The number of thioether (sulfide) groups is 1. The quantitative estimate of drug-likeness (QED) is 0.338. The number of nitrogens with one attached hydrogen (secondary N) is 1. The fourth-order valence-corrected chi connectivity index (χ4v) is 4.82. The summed E-state index contributed by atoms with van der Waals surface area (Å²) in [5, 5.41) is 14.2. The van der Waals surface area contributed by atoms with Crippen LogP contribution in [0.2, 0.25) is 0 Å². The standard InChI is InChI=1S/C23H15F2N3S2/c24-16-9-11-17(12-10-16)27-22(29-14-15-5-1-2-6-19(15)25)18(13-26)23-28-20-7-3-4-8-21(20)30-23/h1-12,27H,14H2/b22-18-. The molecule has 0 radical (unpaired) electrons. The minimum atomic E-state index is -0.350. The molecule has 1 heterocycles. The van der Waals surface area contributed by atoms with Gasteiger partial charge in [0.25, 0.3) is 0 Å². The van der Waals surface area contributed by atoms with Gasteiger partial charge >= 0.3 is 0 Å². The zero-order valence-electron chi connectivity index (χ0n) is 15.6. The number of allylic oxidation sites excluding steroid dienone is 1. The number of rotatable bonds is 6. The molecule has 0 bridgehead atoms. The largest absolute Gasteiger partial charge is 0.349 e. The first-order chi connectivity index (χ1) is 14.6. The number of nitrogens with zero attached hydrogens (tertiary/aromatic N) is 2. The lowest BCUT2D eigenvalue weighted by atomic mass is 10.2. The van der Waals surface area contributed by atoms with Gasteiger partial charge in [-0.2, -0.15) is 5.26 Å². The van der Waals surface area contributed by atoms with Crippen molar-refractivity contribution in [3.05, 3.63) is 100 Å². The summed E-state index contributed by atoms with van der Waals surface area (Å²) in [6.07, 6.45) is 0. The van der Waals surface area contributed by atoms with E-state index in [2.05, 4.69) is 16.4 Å². The average molecular weight is 436 g/mol. The molecular formula is C23H15F2N3S2. The Labute approximate surface area is 180 Å². The highest BCUT2D eigenvalue weighted by Gasteiger charge is 2.16. The number of thiazole rings is 1. The van der Waals surface area contributed by atoms with Gasteiger partial charge in [-0.05, 0) is 48.0 Å². The molecule has 1 aromatic heterocycles. The van der Waals surface area contributed by atoms with Crippen LogP contribution in [0.3, 0.4) is 0 Å². The lowest BCUT2D eigenvalue weighted by Gasteiger charge is -2.13. The fraction of sp³-hybridized carbons (Fsp3) is 0.0435. The molecule has 0 aliphatic heterocycles. The molecule has 0 aliphatic rings. The second-order valence-electron chi connectivity index (χ2n) is 6.31. The maximum atomic E-state index is 14.1. The minimum absolute atomic E-state index is 0.301. The number of para-hydroxylation sites is 1. The molecule has 0 fully saturated rings. The summed E-state index contributed by atoms with van der Waals surface area (Å²) in [5.74, 6) is -0.326. The SMILES string of the molecule is N#C/C(=C(\Nc1ccc(F)cc1)SCc1ccccc1F)c1nc2ccccc2s1. The van der Waals surface area contributed by atoms with Gasteiger partial charge in [-0.1, -0.05) is 30.3 Å². The first-order valence-electron chi connectivity index (χ1n) is 9.03. The van der Waals surface area contributed by atoms with E-state index < -0.39 is 0 Å². The number of hydrogen-bond donors (Lipinski definition) is 1. The summed E-state index contributed by atoms with van der Waals surface area (Å²) >= 11 is 2.72. The molecule has 4 rings (SSSR count). The number of halogens is 2. The van der Waals surface area contributed by atoms with Gasteiger partial charge in [-0.15, -0.1) is 23.1 Å². The Bertz CT molecular complexity index is 1220. The van der Waals surface area contributed by atoms with Gasteiger partial charge in [0, 0.05) is 11.4 Å². The highest BCUT2D eigenvalue weighted by atomic mass is 32.2. The summed E-state index contributed by atoms with van der Waals surface area (Å²) in [6, 6.07) is 22.3. The first-order valence-corrected chi connectivity index (χ1v) is 10.8. The average Bonchev–Trinajstić information content (AvgIpc) is 3.18. The topological polar surface area (TPSA) is 48.7 Å². The van der Waals surface area contributed by atoms with Crippen molar-refractivity contribution in [3.63, 3.8) is 0 Å². The van der Waals surface area contributed by atoms with Crippen LogP contribution in [0.25, 0.3) is 15.8 Å². The Morgan fingerprint density at radius 3 is 2.47 bits per heavy atom. The number of benzene rings is 3. The van der Waals surface area contributed by atoms with Crippen molar-refractivity contribution in [1.29, 1.82) is 5.26 Å². The molecular weight excluding hydrogens is 420 g/mol. The van der Waals surface area contributed by atoms with Crippen molar-refractivity contribution >= 4 is 44.6 Å². The van der Waals surface area contributed by atoms with Crippen LogP contribution < -0.4 is 5.32 Å². The van der Waals surface area contributed by atoms with E-state index in [-0.39, 0.29) is 11.6 Å². The second kappa shape index (κ2) is 9.08. The van der Waals surface area contributed by atoms with E-state index in [1.165, 1.54) is 41.3 Å². The summed E-state index contributed by atoms with van der Waals surface area (Å²) in [4.78, 5) is 4.58. The van der Waals surface area contributed by atoms with E-state index in [9.17, 15) is 14.0 Å². The van der Waals surface area contributed by atoms with Gasteiger partial charge in [-0.3, -0.25) is 0 Å². The minimum Gasteiger partial charge on any atom is -0.349 e. The predicted octanol–water partition coefficient (Wildman–Crippen LogP) is 6.81. The molecule has 0 saturated heterocycles. The fourth-order valence-electron chi connectivity index (χ4n) is 2.78. The van der Waals surface area contributed by atoms with Crippen LogP contribution in [0, 0.1) is 23.0 Å². The summed E-state index contributed by atoms with van der Waals surface area (Å²) in [7, 11) is 0. The van der Waals surface area contributed by atoms with E-state index in [0.717, 1.165) is 10.2 Å². The van der Waals surface area contributed by atoms with Crippen molar-refractivity contribution in [1.82, 2.24) is 4.98 Å². The Hall–Kier alpha value is -3.21. The van der Waals surface area contributed by atoms with E-state index in [0.29, 0.717) is 32.6 Å². The zero-order valence-corrected chi connectivity index (χ0v) is 17.2. The Balaban J connectivity index is 1.73. The van der Waals surface area contributed by atoms with E-state index in [1.54, 1.807) is 30.3 Å². The maximum absolute atomic E-state index is 14.1. The van der Waals surface area contributed by atoms with Crippen LogP contribution in [-0.2, 0) is 5.75 Å². The van der Waals surface area contributed by atoms with Crippen LogP contribution in [0.4, 0.5) is 14.5 Å². The van der Waals surface area contributed by atoms with Gasteiger partial charge in [0.05, 0.1) is 15.2 Å². The summed E-state index contributed by atoms with van der Waals surface area (Å²) in [6.45, 7) is 0. The van der Waals surface area contributed by atoms with Crippen molar-refractivity contribution in [2.75, 3.05) is 5.32 Å². The van der Waals surface area contributed by atoms with E-state index >= 15 is 0 Å². The third kappa shape index (κ3) is 4.51. The molecule has 0 spiro atoms. The van der Waals surface area contributed by atoms with Crippen LogP contribution in [-0.4, -0.2) is 4.98 Å². The van der Waals surface area contributed by atoms with Gasteiger partial charge in [0.2, 0.25) is 0 Å². The normalized spacial score (nSPS) is 11.8. The summed E-state index contributed by atoms with van der Waals surface area (Å²) < 4.78 is 28.4. The molecule has 1 N–H and O–H groups in total. The zero-order chi connectivity index (χ0) is 20.9. The molecule has 0 atom stereocenters. The maximum Gasteiger partial charge on any atom is 0.137 e. The highest BCUT2D eigenvalue weighted by molar-refractivity contribution is 8.02. The van der Waals surface area contributed by atoms with Crippen molar-refractivity contribution in [2.45, 2.75) is 5.75 Å². The van der Waals surface area contributed by atoms with Gasteiger partial charge in [0.1, 0.15) is 28.3 Å². The smallest absolute Gasteiger partial charge is 0.137 e. The molecule has 148 valence electrons. The molecule has 0 amide bonds. The molecule has 30 heavy (non-hydrogen) atoms. The van der Waals surface area contributed by atoms with Gasteiger partial charge < -0.3 is 5.32 Å². The van der Waals surface area contributed by atoms with Gasteiger partial charge in [0.15, 0.2) is 0 Å². The van der Waals surface area contributed by atoms with Crippen LogP contribution >= 0.6 is 23.1 Å². The monoisotopic (exact) mass is 435 g/mol. The Morgan fingerprint density at radius 1 is 1.00 bits per heavy atom. The number of hydrogen-bond acceptors (Lipinski definition) is 5.